The van der Waals surface area contributed by atoms with Crippen molar-refractivity contribution in [1.82, 2.24) is 4.98 Å². The van der Waals surface area contributed by atoms with E-state index in [1.165, 1.54) is 0 Å². The van der Waals surface area contributed by atoms with Crippen LogP contribution < -0.4 is 10.2 Å². The van der Waals surface area contributed by atoms with E-state index < -0.39 is 5.66 Å². The molecule has 2 aromatic rings. The number of carbonyl (C=O) groups excluding carboxylic acids is 1. The van der Waals surface area contributed by atoms with E-state index in [-0.39, 0.29) is 12.0 Å². The van der Waals surface area contributed by atoms with Crippen molar-refractivity contribution < 1.29 is 9.90 Å². The molecule has 0 spiro atoms. The van der Waals surface area contributed by atoms with Gasteiger partial charge in [-0.2, -0.15) is 10.2 Å². The molecule has 2 aliphatic rings. The number of benzene rings is 1. The molecule has 2 aliphatic heterocycles. The van der Waals surface area contributed by atoms with Crippen molar-refractivity contribution in [3.05, 3.63) is 18.2 Å². The monoisotopic (exact) mass is 397 g/mol. The summed E-state index contributed by atoms with van der Waals surface area (Å²) in [6, 6.07) is 5.78. The van der Waals surface area contributed by atoms with Crippen LogP contribution in [0.3, 0.4) is 0 Å². The number of aromatic nitrogens is 1. The predicted molar refractivity (Wildman–Crippen MR) is 111 cm³/mol. The Hall–Kier alpha value is -2.50. The van der Waals surface area contributed by atoms with Gasteiger partial charge in [-0.25, -0.2) is 4.98 Å². The number of fused-ring (bicyclic) bond motifs is 1. The molecule has 1 aromatic carbocycles. The summed E-state index contributed by atoms with van der Waals surface area (Å²) < 4.78 is 1.04. The van der Waals surface area contributed by atoms with Crippen LogP contribution in [0.25, 0.3) is 10.2 Å². The largest absolute Gasteiger partial charge is 0.393 e. The number of anilines is 2. The third-order valence-corrected chi connectivity index (χ3v) is 6.28. The molecular weight excluding hydrogens is 374 g/mol. The Kier molecular flexibility index (Phi) is 5.29. The lowest BCUT2D eigenvalue weighted by Gasteiger charge is -2.28. The molecule has 146 valence electrons. The fourth-order valence-electron chi connectivity index (χ4n) is 3.39. The number of terminal acetylenes is 1. The van der Waals surface area contributed by atoms with Crippen molar-refractivity contribution in [3.63, 3.8) is 0 Å². The first kappa shape index (κ1) is 18.8. The standard InChI is InChI=1S/C20H23N5O2S/c1-2-3-9-20(23-24-20)10-6-18(27)21-14-4-5-16-17(13-14)28-19(22-16)25-11-7-15(26)8-12-25/h1,4-5,13,15,26H,3,6-12H2,(H,21,27). The minimum absolute atomic E-state index is 0.0495. The zero-order valence-corrected chi connectivity index (χ0v) is 16.4. The number of rotatable bonds is 7. The van der Waals surface area contributed by atoms with Crippen LogP contribution >= 0.6 is 11.3 Å². The number of piperidine rings is 1. The third kappa shape index (κ3) is 4.32. The predicted octanol–water partition coefficient (Wildman–Crippen LogP) is 3.55. The van der Waals surface area contributed by atoms with Crippen LogP contribution in [0.1, 0.15) is 38.5 Å². The molecule has 28 heavy (non-hydrogen) atoms. The van der Waals surface area contributed by atoms with Crippen molar-refractivity contribution >= 4 is 38.3 Å². The number of amides is 1. The molecule has 1 saturated heterocycles. The molecule has 1 fully saturated rings. The molecular formula is C20H23N5O2S. The SMILES string of the molecule is C#CCCC1(CCC(=O)Nc2ccc3nc(N4CCC(O)CC4)sc3c2)N=N1. The summed E-state index contributed by atoms with van der Waals surface area (Å²) in [5.74, 6) is 2.55. The fourth-order valence-corrected chi connectivity index (χ4v) is 4.44. The Labute approximate surface area is 167 Å². The average Bonchev–Trinajstić information content (AvgIpc) is 3.35. The Morgan fingerprint density at radius 2 is 2.14 bits per heavy atom. The number of carbonyl (C=O) groups is 1. The van der Waals surface area contributed by atoms with Crippen molar-refractivity contribution in [2.24, 2.45) is 10.2 Å². The zero-order valence-electron chi connectivity index (χ0n) is 15.6. The lowest BCUT2D eigenvalue weighted by Crippen LogP contribution is -2.35. The molecule has 7 nitrogen and oxygen atoms in total. The summed E-state index contributed by atoms with van der Waals surface area (Å²) in [5.41, 5.74) is 1.26. The third-order valence-electron chi connectivity index (χ3n) is 5.20. The molecule has 0 radical (unpaired) electrons. The van der Waals surface area contributed by atoms with Gasteiger partial charge in [0.1, 0.15) is 0 Å². The van der Waals surface area contributed by atoms with E-state index in [9.17, 15) is 9.90 Å². The number of hydrogen-bond acceptors (Lipinski definition) is 7. The minimum atomic E-state index is -0.428. The van der Waals surface area contributed by atoms with E-state index in [2.05, 4.69) is 26.4 Å². The van der Waals surface area contributed by atoms with Gasteiger partial charge in [0.25, 0.3) is 0 Å². The lowest BCUT2D eigenvalue weighted by atomic mass is 10.0. The van der Waals surface area contributed by atoms with Crippen LogP contribution in [0.5, 0.6) is 0 Å². The second-order valence-electron chi connectivity index (χ2n) is 7.33. The van der Waals surface area contributed by atoms with E-state index in [4.69, 9.17) is 11.4 Å². The fraction of sp³-hybridized carbons (Fsp3) is 0.500. The Balaban J connectivity index is 1.35. The molecule has 0 bridgehead atoms. The number of aliphatic hydroxyl groups is 1. The summed E-state index contributed by atoms with van der Waals surface area (Å²) in [6.45, 7) is 1.64. The molecule has 0 aliphatic carbocycles. The zero-order chi connectivity index (χ0) is 19.6. The quantitative estimate of drug-likeness (QED) is 0.699. The molecule has 1 amide bonds. The number of hydrogen-bond donors (Lipinski definition) is 2. The topological polar surface area (TPSA) is 90.2 Å². The molecule has 0 unspecified atom stereocenters. The molecule has 1 aromatic heterocycles. The van der Waals surface area contributed by atoms with Crippen molar-refractivity contribution in [1.29, 1.82) is 0 Å². The lowest BCUT2D eigenvalue weighted by molar-refractivity contribution is -0.116. The average molecular weight is 398 g/mol. The summed E-state index contributed by atoms with van der Waals surface area (Å²) in [5, 5.41) is 21.7. The van der Waals surface area contributed by atoms with Crippen LogP contribution in [0.15, 0.2) is 28.4 Å². The Bertz CT molecular complexity index is 934. The van der Waals surface area contributed by atoms with E-state index in [0.29, 0.717) is 25.7 Å². The van der Waals surface area contributed by atoms with Gasteiger partial charge in [-0.15, -0.1) is 12.3 Å². The van der Waals surface area contributed by atoms with Crippen LogP contribution in [0.4, 0.5) is 10.8 Å². The molecule has 2 N–H and O–H groups in total. The highest BCUT2D eigenvalue weighted by Crippen LogP contribution is 2.38. The molecule has 0 atom stereocenters. The van der Waals surface area contributed by atoms with Gasteiger partial charge in [0, 0.05) is 44.5 Å². The first-order valence-electron chi connectivity index (χ1n) is 9.58. The number of aliphatic hydroxyl groups excluding tert-OH is 1. The van der Waals surface area contributed by atoms with Gasteiger partial charge >= 0.3 is 0 Å². The van der Waals surface area contributed by atoms with E-state index in [1.54, 1.807) is 11.3 Å². The summed E-state index contributed by atoms with van der Waals surface area (Å²) in [7, 11) is 0. The Morgan fingerprint density at radius 1 is 1.36 bits per heavy atom. The van der Waals surface area contributed by atoms with E-state index >= 15 is 0 Å². The minimum Gasteiger partial charge on any atom is -0.393 e. The summed E-state index contributed by atoms with van der Waals surface area (Å²) >= 11 is 1.62. The van der Waals surface area contributed by atoms with Crippen LogP contribution in [-0.4, -0.2) is 40.9 Å². The van der Waals surface area contributed by atoms with Gasteiger partial charge in [0.15, 0.2) is 10.8 Å². The van der Waals surface area contributed by atoms with Crippen molar-refractivity contribution in [3.8, 4) is 12.3 Å². The maximum atomic E-state index is 12.3. The Morgan fingerprint density at radius 3 is 2.86 bits per heavy atom. The normalized spacial score (nSPS) is 18.2. The van der Waals surface area contributed by atoms with Crippen LogP contribution in [0, 0.1) is 12.3 Å². The summed E-state index contributed by atoms with van der Waals surface area (Å²) in [6.07, 6.45) is 8.93. The first-order valence-corrected chi connectivity index (χ1v) is 10.4. The van der Waals surface area contributed by atoms with Gasteiger partial charge in [-0.05, 0) is 31.0 Å². The van der Waals surface area contributed by atoms with Gasteiger partial charge in [0.05, 0.1) is 16.3 Å². The number of nitrogens with zero attached hydrogens (tertiary/aromatic N) is 4. The molecule has 3 heterocycles. The first-order chi connectivity index (χ1) is 13.6. The molecule has 0 saturated carbocycles. The van der Waals surface area contributed by atoms with E-state index in [0.717, 1.165) is 47.0 Å². The van der Waals surface area contributed by atoms with Crippen LogP contribution in [0.2, 0.25) is 0 Å². The second-order valence-corrected chi connectivity index (χ2v) is 8.34. The van der Waals surface area contributed by atoms with Gasteiger partial charge in [0.2, 0.25) is 5.91 Å². The maximum Gasteiger partial charge on any atom is 0.224 e. The van der Waals surface area contributed by atoms with Gasteiger partial charge < -0.3 is 15.3 Å². The maximum absolute atomic E-state index is 12.3. The highest BCUT2D eigenvalue weighted by molar-refractivity contribution is 7.22. The van der Waals surface area contributed by atoms with Gasteiger partial charge in [-0.1, -0.05) is 11.3 Å². The molecule has 8 heteroatoms. The van der Waals surface area contributed by atoms with Crippen LogP contribution in [-0.2, 0) is 4.79 Å². The van der Waals surface area contributed by atoms with E-state index in [1.807, 2.05) is 18.2 Å². The van der Waals surface area contributed by atoms with Crippen molar-refractivity contribution in [2.45, 2.75) is 50.3 Å². The molecule has 4 rings (SSSR count). The summed E-state index contributed by atoms with van der Waals surface area (Å²) in [4.78, 5) is 19.2. The van der Waals surface area contributed by atoms with Crippen molar-refractivity contribution in [2.75, 3.05) is 23.3 Å². The number of nitrogens with one attached hydrogen (secondary N) is 1. The highest BCUT2D eigenvalue weighted by Gasteiger charge is 2.39. The van der Waals surface area contributed by atoms with Gasteiger partial charge in [-0.3, -0.25) is 4.79 Å². The number of thiazole rings is 1. The smallest absolute Gasteiger partial charge is 0.224 e. The highest BCUT2D eigenvalue weighted by atomic mass is 32.1. The second kappa shape index (κ2) is 7.86.